The number of nitrogens with one attached hydrogen (secondary N) is 1. The fraction of sp³-hybridized carbons (Fsp3) is 0.647. The maximum Gasteiger partial charge on any atom is 0.302 e. The molecular weight excluding hydrogens is 278 g/mol. The zero-order valence-electron chi connectivity index (χ0n) is 13.2. The quantitative estimate of drug-likeness (QED) is 0.864. The number of pyridine rings is 1. The van der Waals surface area contributed by atoms with Crippen molar-refractivity contribution in [1.82, 2.24) is 15.2 Å². The summed E-state index contributed by atoms with van der Waals surface area (Å²) >= 11 is 0. The molecule has 0 radical (unpaired) electrons. The van der Waals surface area contributed by atoms with Crippen molar-refractivity contribution in [1.29, 1.82) is 0 Å². The van der Waals surface area contributed by atoms with E-state index < -0.39 is 0 Å². The second kappa shape index (κ2) is 7.20. The molecule has 0 amide bonds. The zero-order chi connectivity index (χ0) is 15.4. The summed E-state index contributed by atoms with van der Waals surface area (Å²) in [4.78, 5) is 17.8. The summed E-state index contributed by atoms with van der Waals surface area (Å²) < 4.78 is 5.36. The van der Waals surface area contributed by atoms with E-state index in [0.717, 1.165) is 45.3 Å². The molecule has 5 nitrogen and oxygen atoms in total. The van der Waals surface area contributed by atoms with Gasteiger partial charge in [0.15, 0.2) is 0 Å². The highest BCUT2D eigenvalue weighted by molar-refractivity contribution is 5.66. The van der Waals surface area contributed by atoms with Crippen LogP contribution in [0, 0.1) is 0 Å². The smallest absolute Gasteiger partial charge is 0.302 e. The van der Waals surface area contributed by atoms with E-state index in [2.05, 4.69) is 27.3 Å². The number of carbonyl (C=O) groups excluding carboxylic acids is 1. The van der Waals surface area contributed by atoms with Crippen molar-refractivity contribution < 1.29 is 9.53 Å². The maximum atomic E-state index is 11.1. The van der Waals surface area contributed by atoms with Gasteiger partial charge < -0.3 is 10.1 Å². The Morgan fingerprint density at radius 3 is 2.68 bits per heavy atom. The lowest BCUT2D eigenvalue weighted by Gasteiger charge is -2.44. The molecular formula is C17H25N3O2. The minimum absolute atomic E-state index is 0.121. The summed E-state index contributed by atoms with van der Waals surface area (Å²) in [5.41, 5.74) is 1.34. The Morgan fingerprint density at radius 1 is 1.27 bits per heavy atom. The lowest BCUT2D eigenvalue weighted by Crippen LogP contribution is -2.51. The van der Waals surface area contributed by atoms with Gasteiger partial charge in [-0.15, -0.1) is 0 Å². The Morgan fingerprint density at radius 2 is 2.00 bits per heavy atom. The average molecular weight is 303 g/mol. The van der Waals surface area contributed by atoms with Crippen LogP contribution in [0.2, 0.25) is 0 Å². The van der Waals surface area contributed by atoms with Crippen LogP contribution >= 0.6 is 0 Å². The largest absolute Gasteiger partial charge is 0.463 e. The summed E-state index contributed by atoms with van der Waals surface area (Å²) in [6.45, 7) is 4.62. The number of hydrogen-bond acceptors (Lipinski definition) is 5. The summed E-state index contributed by atoms with van der Waals surface area (Å²) in [5, 5.41) is 3.51. The Bertz CT molecular complexity index is 486. The van der Waals surface area contributed by atoms with Gasteiger partial charge in [-0.3, -0.25) is 14.7 Å². The Hall–Kier alpha value is -1.46. The number of piperazine rings is 1. The first kappa shape index (κ1) is 15.4. The molecule has 2 fully saturated rings. The van der Waals surface area contributed by atoms with Crippen molar-refractivity contribution in [2.75, 3.05) is 19.6 Å². The van der Waals surface area contributed by atoms with Gasteiger partial charge >= 0.3 is 5.97 Å². The van der Waals surface area contributed by atoms with Crippen LogP contribution in [0.15, 0.2) is 24.5 Å². The van der Waals surface area contributed by atoms with Crippen molar-refractivity contribution in [3.8, 4) is 0 Å². The lowest BCUT2D eigenvalue weighted by molar-refractivity contribution is -0.148. The maximum absolute atomic E-state index is 11.1. The van der Waals surface area contributed by atoms with E-state index in [4.69, 9.17) is 4.74 Å². The minimum atomic E-state index is -0.153. The monoisotopic (exact) mass is 303 g/mol. The topological polar surface area (TPSA) is 54.5 Å². The van der Waals surface area contributed by atoms with Crippen LogP contribution in [0.25, 0.3) is 0 Å². The van der Waals surface area contributed by atoms with E-state index in [1.165, 1.54) is 12.5 Å². The first-order valence-corrected chi connectivity index (χ1v) is 8.27. The van der Waals surface area contributed by atoms with E-state index in [-0.39, 0.29) is 12.1 Å². The van der Waals surface area contributed by atoms with Crippen molar-refractivity contribution in [2.45, 2.75) is 50.8 Å². The second-order valence-corrected chi connectivity index (χ2v) is 6.28. The van der Waals surface area contributed by atoms with Gasteiger partial charge in [0.2, 0.25) is 0 Å². The number of hydrogen-bond donors (Lipinski definition) is 1. The summed E-state index contributed by atoms with van der Waals surface area (Å²) in [6.07, 6.45) is 8.06. The number of carbonyl (C=O) groups is 1. The molecule has 1 saturated heterocycles. The van der Waals surface area contributed by atoms with Crippen molar-refractivity contribution in [2.24, 2.45) is 0 Å². The average Bonchev–Trinajstić information content (AvgIpc) is 2.56. The van der Waals surface area contributed by atoms with Gasteiger partial charge in [0.05, 0.1) is 0 Å². The molecule has 0 bridgehead atoms. The third-order valence-corrected chi connectivity index (χ3v) is 4.82. The highest BCUT2D eigenvalue weighted by atomic mass is 16.5. The fourth-order valence-electron chi connectivity index (χ4n) is 3.78. The molecule has 3 rings (SSSR count). The molecule has 2 aliphatic rings. The van der Waals surface area contributed by atoms with Crippen molar-refractivity contribution in [3.63, 3.8) is 0 Å². The van der Waals surface area contributed by atoms with Crippen LogP contribution < -0.4 is 5.32 Å². The zero-order valence-corrected chi connectivity index (χ0v) is 13.2. The number of aromatic nitrogens is 1. The van der Waals surface area contributed by atoms with Crippen molar-refractivity contribution >= 4 is 5.97 Å². The van der Waals surface area contributed by atoms with Gasteiger partial charge in [-0.05, 0) is 43.4 Å². The third kappa shape index (κ3) is 3.65. The normalized spacial score (nSPS) is 30.0. The van der Waals surface area contributed by atoms with Gasteiger partial charge in [-0.1, -0.05) is 0 Å². The van der Waals surface area contributed by atoms with Gasteiger partial charge in [0, 0.05) is 51.0 Å². The molecule has 0 aromatic carbocycles. The van der Waals surface area contributed by atoms with Gasteiger partial charge in [0.1, 0.15) is 6.10 Å². The van der Waals surface area contributed by atoms with Crippen LogP contribution in [0.4, 0.5) is 0 Å². The highest BCUT2D eigenvalue weighted by Gasteiger charge is 2.33. The molecule has 1 atom stereocenters. The van der Waals surface area contributed by atoms with Gasteiger partial charge in [-0.25, -0.2) is 0 Å². The summed E-state index contributed by atoms with van der Waals surface area (Å²) in [6, 6.07) is 5.25. The molecule has 1 aliphatic carbocycles. The molecule has 120 valence electrons. The number of ether oxygens (including phenoxy) is 1. The van der Waals surface area contributed by atoms with Crippen molar-refractivity contribution in [3.05, 3.63) is 30.1 Å². The first-order valence-electron chi connectivity index (χ1n) is 8.27. The third-order valence-electron chi connectivity index (χ3n) is 4.82. The predicted molar refractivity (Wildman–Crippen MR) is 84.4 cm³/mol. The highest BCUT2D eigenvalue weighted by Crippen LogP contribution is 2.32. The Labute approximate surface area is 132 Å². The predicted octanol–water partition coefficient (Wildman–Crippen LogP) is 1.90. The van der Waals surface area contributed by atoms with Crippen LogP contribution in [0.3, 0.4) is 0 Å². The second-order valence-electron chi connectivity index (χ2n) is 6.28. The Kier molecular flexibility index (Phi) is 5.05. The molecule has 2 heterocycles. The molecule has 1 aliphatic heterocycles. The molecule has 1 unspecified atom stereocenters. The van der Waals surface area contributed by atoms with Crippen LogP contribution in [0.1, 0.15) is 44.2 Å². The molecule has 0 spiro atoms. The summed E-state index contributed by atoms with van der Waals surface area (Å²) in [7, 11) is 0. The molecule has 1 aromatic heterocycles. The molecule has 5 heteroatoms. The SMILES string of the molecule is CC(=O)OC1CCC(N2CCNCC2c2ccncc2)CC1. The number of rotatable bonds is 3. The summed E-state index contributed by atoms with van der Waals surface area (Å²) in [5.74, 6) is -0.153. The first-order chi connectivity index (χ1) is 10.7. The number of esters is 1. The molecule has 22 heavy (non-hydrogen) atoms. The van der Waals surface area contributed by atoms with E-state index in [1.54, 1.807) is 0 Å². The van der Waals surface area contributed by atoms with Crippen LogP contribution in [-0.4, -0.2) is 47.6 Å². The van der Waals surface area contributed by atoms with E-state index in [0.29, 0.717) is 12.1 Å². The Balaban J connectivity index is 1.64. The van der Waals surface area contributed by atoms with Crippen LogP contribution in [-0.2, 0) is 9.53 Å². The molecule has 1 saturated carbocycles. The van der Waals surface area contributed by atoms with Gasteiger partial charge in [-0.2, -0.15) is 0 Å². The van der Waals surface area contributed by atoms with E-state index in [9.17, 15) is 4.79 Å². The number of nitrogens with zero attached hydrogens (tertiary/aromatic N) is 2. The van der Waals surface area contributed by atoms with E-state index in [1.807, 2.05) is 12.4 Å². The lowest BCUT2D eigenvalue weighted by atomic mass is 9.89. The molecule has 1 aromatic rings. The standard InChI is InChI=1S/C17H25N3O2/c1-13(21)22-16-4-2-15(3-5-16)20-11-10-19-12-17(20)14-6-8-18-9-7-14/h6-9,15-17,19H,2-5,10-12H2,1H3. The minimum Gasteiger partial charge on any atom is -0.463 e. The van der Waals surface area contributed by atoms with Crippen LogP contribution in [0.5, 0.6) is 0 Å². The fourth-order valence-corrected chi connectivity index (χ4v) is 3.78. The molecule has 1 N–H and O–H groups in total. The van der Waals surface area contributed by atoms with Gasteiger partial charge in [0.25, 0.3) is 0 Å². The van der Waals surface area contributed by atoms with E-state index >= 15 is 0 Å².